The van der Waals surface area contributed by atoms with Gasteiger partial charge in [-0.25, -0.2) is 16.8 Å². The van der Waals surface area contributed by atoms with Crippen molar-refractivity contribution in [3.05, 3.63) is 63.1 Å². The summed E-state index contributed by atoms with van der Waals surface area (Å²) in [7, 11) is -7.09. The maximum Gasteiger partial charge on any atom is 0.263 e. The predicted octanol–water partition coefficient (Wildman–Crippen LogP) is 4.58. The molecule has 3 aromatic rings. The molecule has 2 aromatic carbocycles. The van der Waals surface area contributed by atoms with Crippen LogP contribution in [0.1, 0.15) is 24.8 Å². The Morgan fingerprint density at radius 2 is 1.79 bits per heavy atom. The average Bonchev–Trinajstić information content (AvgIpc) is 3.34. The summed E-state index contributed by atoms with van der Waals surface area (Å²) in [5, 5.41) is 2.27. The summed E-state index contributed by atoms with van der Waals surface area (Å²) >= 11 is 9.27. The zero-order valence-corrected chi connectivity index (χ0v) is 25.1. The lowest BCUT2D eigenvalue weighted by Gasteiger charge is -2.21. The number of aromatic nitrogens is 1. The van der Waals surface area contributed by atoms with Gasteiger partial charge in [0.25, 0.3) is 5.01 Å². The number of ether oxygens (including phenoxy) is 1. The van der Waals surface area contributed by atoms with Gasteiger partial charge in [0.15, 0.2) is 6.54 Å². The largest absolute Gasteiger partial charge is 0.748 e. The summed E-state index contributed by atoms with van der Waals surface area (Å²) in [5.74, 6) is -0.260. The van der Waals surface area contributed by atoms with Crippen LogP contribution in [0.15, 0.2) is 58.0 Å². The van der Waals surface area contributed by atoms with Crippen molar-refractivity contribution >= 4 is 76.9 Å². The number of rotatable bonds is 11. The van der Waals surface area contributed by atoms with E-state index in [0.717, 1.165) is 36.4 Å². The second kappa shape index (κ2) is 12.2. The van der Waals surface area contributed by atoms with Crippen molar-refractivity contribution < 1.29 is 35.2 Å². The summed E-state index contributed by atoms with van der Waals surface area (Å²) in [5.41, 5.74) is 2.60. The minimum atomic E-state index is -4.33. The third-order valence-electron chi connectivity index (χ3n) is 5.88. The normalized spacial score (nSPS) is 15.4. The topological polar surface area (TPSA) is 131 Å². The molecule has 4 rings (SSSR count). The summed E-state index contributed by atoms with van der Waals surface area (Å²) in [6.07, 6.45) is 4.29. The molecule has 0 aliphatic carbocycles. The van der Waals surface area contributed by atoms with E-state index in [2.05, 4.69) is 0 Å². The molecule has 1 aromatic heterocycles. The number of benzene rings is 2. The summed E-state index contributed by atoms with van der Waals surface area (Å²) in [6.45, 7) is 2.59. The first-order valence-electron chi connectivity index (χ1n) is 11.9. The van der Waals surface area contributed by atoms with Gasteiger partial charge in [0.1, 0.15) is 10.4 Å². The molecule has 0 spiro atoms. The lowest BCUT2D eigenvalue weighted by atomic mass is 10.2. The van der Waals surface area contributed by atoms with Gasteiger partial charge in [-0.1, -0.05) is 34.7 Å². The molecule has 2 heterocycles. The molecule has 1 aliphatic heterocycles. The number of halogens is 1. The summed E-state index contributed by atoms with van der Waals surface area (Å²) < 4.78 is 75.4. The Kier molecular flexibility index (Phi) is 9.31. The highest BCUT2D eigenvalue weighted by Crippen LogP contribution is 2.47. The predicted molar refractivity (Wildman–Crippen MR) is 153 cm³/mol. The van der Waals surface area contributed by atoms with E-state index in [1.54, 1.807) is 13.2 Å². The number of aryl methyl sites for hydroxylation is 1. The molecule has 0 amide bonds. The quantitative estimate of drug-likeness (QED) is 0.221. The summed E-state index contributed by atoms with van der Waals surface area (Å²) in [6, 6.07) is 11.2. The molecule has 0 saturated heterocycles. The van der Waals surface area contributed by atoms with Gasteiger partial charge in [0, 0.05) is 40.5 Å². The molecule has 9 nitrogen and oxygen atoms in total. The van der Waals surface area contributed by atoms with E-state index in [4.69, 9.17) is 16.3 Å². The third-order valence-corrected chi connectivity index (χ3v) is 9.92. The fraction of sp³-hybridized carbons (Fsp3) is 0.320. The number of anilines is 1. The van der Waals surface area contributed by atoms with E-state index in [1.807, 2.05) is 58.9 Å². The van der Waals surface area contributed by atoms with Gasteiger partial charge in [0.05, 0.1) is 44.1 Å². The number of nitrogens with zero attached hydrogens (tertiary/aromatic N) is 2. The fourth-order valence-electron chi connectivity index (χ4n) is 4.19. The Bertz CT molecular complexity index is 1660. The molecular formula is C25H26ClN2O7S4-. The number of methoxy groups -OCH3 is 1. The van der Waals surface area contributed by atoms with Crippen molar-refractivity contribution in [3.8, 4) is 5.75 Å². The van der Waals surface area contributed by atoms with Crippen LogP contribution in [-0.2, 0) is 26.8 Å². The SMILES string of the molecule is COc1ccc2sc(C=C(C)C=C3Sc4ccc(Cl)cc4N3CCCS(=O)(=O)[O-])[n+](CCCS(=O)(=O)[O-])c2c1. The number of allylic oxidation sites excluding steroid dienone is 2. The Morgan fingerprint density at radius 1 is 1.08 bits per heavy atom. The second-order valence-corrected chi connectivity index (χ2v) is 14.5. The first-order chi connectivity index (χ1) is 18.3. The highest BCUT2D eigenvalue weighted by Gasteiger charge is 2.26. The van der Waals surface area contributed by atoms with E-state index < -0.39 is 31.7 Å². The van der Waals surface area contributed by atoms with Crippen LogP contribution in [0.25, 0.3) is 16.3 Å². The van der Waals surface area contributed by atoms with Crippen molar-refractivity contribution in [1.29, 1.82) is 0 Å². The molecule has 0 N–H and O–H groups in total. The third kappa shape index (κ3) is 7.97. The Balaban J connectivity index is 1.68. The van der Waals surface area contributed by atoms with Gasteiger partial charge in [-0.15, -0.1) is 0 Å². The van der Waals surface area contributed by atoms with Crippen LogP contribution < -0.4 is 14.2 Å². The molecule has 1 aliphatic rings. The minimum Gasteiger partial charge on any atom is -0.748 e. The first kappa shape index (κ1) is 29.8. The van der Waals surface area contributed by atoms with E-state index in [9.17, 15) is 25.9 Å². The molecular weight excluding hydrogens is 604 g/mol. The number of fused-ring (bicyclic) bond motifs is 2. The smallest absolute Gasteiger partial charge is 0.263 e. The molecule has 14 heteroatoms. The zero-order chi connectivity index (χ0) is 28.4. The van der Waals surface area contributed by atoms with Crippen LogP contribution in [0.4, 0.5) is 5.69 Å². The standard InChI is InChI=1S/C25H27ClN2O7S4/c1-17(13-24-27(9-3-11-38(29,30)31)20-15-18(26)5-7-22(20)36-24)14-25-28(10-4-12-39(32,33)34)21-16-19(35-2)6-8-23(21)37-25/h5-8,13-16H,3-4,9-12H2,1-2H3,(H-,29,30,31,32,33,34)/p-1. The highest BCUT2D eigenvalue weighted by molar-refractivity contribution is 8.03. The zero-order valence-electron chi connectivity index (χ0n) is 21.1. The van der Waals surface area contributed by atoms with E-state index in [-0.39, 0.29) is 12.8 Å². The van der Waals surface area contributed by atoms with Crippen molar-refractivity contribution in [2.24, 2.45) is 0 Å². The molecule has 0 bridgehead atoms. The van der Waals surface area contributed by atoms with E-state index >= 15 is 0 Å². The van der Waals surface area contributed by atoms with Crippen LogP contribution in [0.3, 0.4) is 0 Å². The lowest BCUT2D eigenvalue weighted by molar-refractivity contribution is -0.668. The van der Waals surface area contributed by atoms with Gasteiger partial charge in [-0.05, 0) is 55.3 Å². The van der Waals surface area contributed by atoms with Crippen LogP contribution in [0.2, 0.25) is 5.02 Å². The van der Waals surface area contributed by atoms with Crippen molar-refractivity contribution in [2.75, 3.05) is 30.1 Å². The van der Waals surface area contributed by atoms with Crippen LogP contribution in [0, 0.1) is 0 Å². The number of thiazole rings is 1. The first-order valence-corrected chi connectivity index (χ1v) is 17.0. The van der Waals surface area contributed by atoms with Crippen molar-refractivity contribution in [1.82, 2.24) is 0 Å². The Morgan fingerprint density at radius 3 is 2.49 bits per heavy atom. The van der Waals surface area contributed by atoms with Crippen LogP contribution in [-0.4, -0.2) is 51.1 Å². The van der Waals surface area contributed by atoms with Crippen molar-refractivity contribution in [3.63, 3.8) is 0 Å². The molecule has 0 fully saturated rings. The number of hydrogen-bond donors (Lipinski definition) is 0. The molecule has 0 saturated carbocycles. The number of hydrogen-bond acceptors (Lipinski definition) is 10. The molecule has 210 valence electrons. The number of thioether (sulfide) groups is 1. The van der Waals surface area contributed by atoms with E-state index in [0.29, 0.717) is 23.9 Å². The fourth-order valence-corrected chi connectivity index (χ4v) is 7.68. The van der Waals surface area contributed by atoms with Crippen molar-refractivity contribution in [2.45, 2.75) is 31.2 Å². The van der Waals surface area contributed by atoms with Gasteiger partial charge < -0.3 is 18.7 Å². The molecule has 0 atom stereocenters. The van der Waals surface area contributed by atoms with Crippen LogP contribution >= 0.6 is 34.7 Å². The molecule has 0 unspecified atom stereocenters. The van der Waals surface area contributed by atoms with Gasteiger partial charge in [-0.3, -0.25) is 0 Å². The van der Waals surface area contributed by atoms with Crippen LogP contribution in [0.5, 0.6) is 5.75 Å². The molecule has 0 radical (unpaired) electrons. The maximum atomic E-state index is 11.2. The van der Waals surface area contributed by atoms with Gasteiger partial charge >= 0.3 is 0 Å². The average molecular weight is 630 g/mol. The minimum absolute atomic E-state index is 0.166. The lowest BCUT2D eigenvalue weighted by Crippen LogP contribution is -2.36. The molecule has 39 heavy (non-hydrogen) atoms. The van der Waals surface area contributed by atoms with E-state index in [1.165, 1.54) is 23.1 Å². The summed E-state index contributed by atoms with van der Waals surface area (Å²) in [4.78, 5) is 2.92. The van der Waals surface area contributed by atoms with Gasteiger partial charge in [-0.2, -0.15) is 4.57 Å². The van der Waals surface area contributed by atoms with Gasteiger partial charge in [0.2, 0.25) is 5.52 Å². The monoisotopic (exact) mass is 629 g/mol. The Labute approximate surface area is 241 Å². The second-order valence-electron chi connectivity index (χ2n) is 8.89. The Hall–Kier alpha value is -2.13. The maximum absolute atomic E-state index is 11.2. The highest BCUT2D eigenvalue weighted by atomic mass is 35.5.